The standard InChI is InChI=1S/C8H13BrN2OS/c1-5(12)3-10-6(2)8-11-4-7(9)13-8/h4-6,10,12H,3H2,1-2H3. The van der Waals surface area contributed by atoms with Gasteiger partial charge in [-0.25, -0.2) is 4.98 Å². The van der Waals surface area contributed by atoms with Crippen molar-refractivity contribution >= 4 is 27.3 Å². The van der Waals surface area contributed by atoms with E-state index in [1.54, 1.807) is 24.5 Å². The van der Waals surface area contributed by atoms with Crippen LogP contribution in [0.1, 0.15) is 24.9 Å². The van der Waals surface area contributed by atoms with Crippen molar-refractivity contribution in [2.45, 2.75) is 26.0 Å². The molecule has 2 atom stereocenters. The number of aliphatic hydroxyl groups excluding tert-OH is 1. The van der Waals surface area contributed by atoms with Crippen LogP contribution in [0.2, 0.25) is 0 Å². The summed E-state index contributed by atoms with van der Waals surface area (Å²) >= 11 is 4.97. The first-order chi connectivity index (χ1) is 6.09. The summed E-state index contributed by atoms with van der Waals surface area (Å²) in [6, 6.07) is 0.200. The molecule has 74 valence electrons. The summed E-state index contributed by atoms with van der Waals surface area (Å²) in [5.74, 6) is 0. The summed E-state index contributed by atoms with van der Waals surface area (Å²) < 4.78 is 1.04. The van der Waals surface area contributed by atoms with Gasteiger partial charge in [-0.15, -0.1) is 11.3 Å². The van der Waals surface area contributed by atoms with Crippen LogP contribution in [-0.4, -0.2) is 22.7 Å². The third kappa shape index (κ3) is 3.72. The van der Waals surface area contributed by atoms with Crippen molar-refractivity contribution in [1.29, 1.82) is 0 Å². The van der Waals surface area contributed by atoms with Crippen LogP contribution in [-0.2, 0) is 0 Å². The molecule has 0 aliphatic heterocycles. The lowest BCUT2D eigenvalue weighted by molar-refractivity contribution is 0.187. The molecule has 3 nitrogen and oxygen atoms in total. The largest absolute Gasteiger partial charge is 0.392 e. The second kappa shape index (κ2) is 5.05. The van der Waals surface area contributed by atoms with E-state index in [1.165, 1.54) is 0 Å². The molecule has 5 heteroatoms. The van der Waals surface area contributed by atoms with E-state index >= 15 is 0 Å². The molecule has 0 fully saturated rings. The third-order valence-corrected chi connectivity index (χ3v) is 3.24. The van der Waals surface area contributed by atoms with Gasteiger partial charge in [0, 0.05) is 6.54 Å². The zero-order valence-electron chi connectivity index (χ0n) is 7.62. The smallest absolute Gasteiger partial charge is 0.110 e. The molecule has 0 bridgehead atoms. The van der Waals surface area contributed by atoms with Gasteiger partial charge in [-0.05, 0) is 29.8 Å². The Hall–Kier alpha value is 0.0300. The van der Waals surface area contributed by atoms with Gasteiger partial charge in [-0.3, -0.25) is 0 Å². The van der Waals surface area contributed by atoms with Gasteiger partial charge in [-0.2, -0.15) is 0 Å². The van der Waals surface area contributed by atoms with E-state index < -0.39 is 0 Å². The van der Waals surface area contributed by atoms with Crippen molar-refractivity contribution in [2.75, 3.05) is 6.54 Å². The van der Waals surface area contributed by atoms with Crippen molar-refractivity contribution in [3.8, 4) is 0 Å². The van der Waals surface area contributed by atoms with E-state index in [0.717, 1.165) is 8.79 Å². The molecule has 0 radical (unpaired) electrons. The summed E-state index contributed by atoms with van der Waals surface area (Å²) in [6.07, 6.45) is 1.48. The van der Waals surface area contributed by atoms with E-state index in [9.17, 15) is 0 Å². The maximum absolute atomic E-state index is 9.06. The first kappa shape index (κ1) is 11.1. The van der Waals surface area contributed by atoms with Crippen molar-refractivity contribution in [2.24, 2.45) is 0 Å². The van der Waals surface area contributed by atoms with Crippen molar-refractivity contribution < 1.29 is 5.11 Å². The average molecular weight is 265 g/mol. The fourth-order valence-corrected chi connectivity index (χ4v) is 2.17. The maximum atomic E-state index is 9.06. The van der Waals surface area contributed by atoms with E-state index in [4.69, 9.17) is 5.11 Å². The lowest BCUT2D eigenvalue weighted by Gasteiger charge is -2.11. The maximum Gasteiger partial charge on any atom is 0.110 e. The van der Waals surface area contributed by atoms with E-state index in [0.29, 0.717) is 6.54 Å². The predicted molar refractivity (Wildman–Crippen MR) is 57.9 cm³/mol. The van der Waals surface area contributed by atoms with Gasteiger partial charge in [0.1, 0.15) is 5.01 Å². The van der Waals surface area contributed by atoms with Gasteiger partial charge in [0.25, 0.3) is 0 Å². The minimum Gasteiger partial charge on any atom is -0.392 e. The van der Waals surface area contributed by atoms with Gasteiger partial charge in [0.15, 0.2) is 0 Å². The second-order valence-corrected chi connectivity index (χ2v) is 5.42. The van der Waals surface area contributed by atoms with Gasteiger partial charge in [0.2, 0.25) is 0 Å². The van der Waals surface area contributed by atoms with Crippen LogP contribution in [0, 0.1) is 0 Å². The van der Waals surface area contributed by atoms with Crippen molar-refractivity contribution in [1.82, 2.24) is 10.3 Å². The van der Waals surface area contributed by atoms with Crippen LogP contribution < -0.4 is 5.32 Å². The molecule has 0 saturated carbocycles. The molecule has 0 spiro atoms. The molecule has 2 unspecified atom stereocenters. The highest BCUT2D eigenvalue weighted by Gasteiger charge is 2.09. The van der Waals surface area contributed by atoms with Crippen molar-refractivity contribution in [3.63, 3.8) is 0 Å². The van der Waals surface area contributed by atoms with Crippen LogP contribution >= 0.6 is 27.3 Å². The Morgan fingerprint density at radius 1 is 1.69 bits per heavy atom. The average Bonchev–Trinajstić information content (AvgIpc) is 2.47. The molecule has 0 aliphatic rings. The topological polar surface area (TPSA) is 45.1 Å². The molecule has 0 saturated heterocycles. The van der Waals surface area contributed by atoms with Crippen LogP contribution in [0.4, 0.5) is 0 Å². The summed E-state index contributed by atoms with van der Waals surface area (Å²) in [5, 5.41) is 13.3. The van der Waals surface area contributed by atoms with Gasteiger partial charge in [-0.1, -0.05) is 0 Å². The summed E-state index contributed by atoms with van der Waals surface area (Å²) in [5.41, 5.74) is 0. The molecule has 0 amide bonds. The number of aliphatic hydroxyl groups is 1. The molecule has 2 N–H and O–H groups in total. The summed E-state index contributed by atoms with van der Waals surface area (Å²) in [7, 11) is 0. The number of thiazole rings is 1. The Morgan fingerprint density at radius 3 is 2.85 bits per heavy atom. The molecule has 0 aliphatic carbocycles. The number of hydrogen-bond acceptors (Lipinski definition) is 4. The number of rotatable bonds is 4. The first-order valence-electron chi connectivity index (χ1n) is 4.12. The monoisotopic (exact) mass is 264 g/mol. The first-order valence-corrected chi connectivity index (χ1v) is 5.73. The quantitative estimate of drug-likeness (QED) is 0.874. The van der Waals surface area contributed by atoms with E-state index in [-0.39, 0.29) is 12.1 Å². The molecule has 1 heterocycles. The van der Waals surface area contributed by atoms with E-state index in [2.05, 4.69) is 26.2 Å². The lowest BCUT2D eigenvalue weighted by atomic mass is 10.3. The number of hydrogen-bond donors (Lipinski definition) is 2. The Bertz CT molecular complexity index is 264. The Labute approximate surface area is 90.3 Å². The molecular formula is C8H13BrN2OS. The SMILES string of the molecule is CC(O)CNC(C)c1ncc(Br)s1. The minimum absolute atomic E-state index is 0.200. The Morgan fingerprint density at radius 2 is 2.38 bits per heavy atom. The number of nitrogens with zero attached hydrogens (tertiary/aromatic N) is 1. The van der Waals surface area contributed by atoms with Gasteiger partial charge >= 0.3 is 0 Å². The fourth-order valence-electron chi connectivity index (χ4n) is 0.902. The normalized spacial score (nSPS) is 15.7. The van der Waals surface area contributed by atoms with Crippen LogP contribution in [0.3, 0.4) is 0 Å². The number of aromatic nitrogens is 1. The van der Waals surface area contributed by atoms with Crippen LogP contribution in [0.25, 0.3) is 0 Å². The van der Waals surface area contributed by atoms with Crippen LogP contribution in [0.5, 0.6) is 0 Å². The zero-order valence-corrected chi connectivity index (χ0v) is 10.0. The molecule has 1 aromatic rings. The fraction of sp³-hybridized carbons (Fsp3) is 0.625. The Balaban J connectivity index is 2.44. The predicted octanol–water partition coefficient (Wildman–Crippen LogP) is 1.94. The highest BCUT2D eigenvalue weighted by Crippen LogP contribution is 2.23. The highest BCUT2D eigenvalue weighted by molar-refractivity contribution is 9.11. The molecule has 13 heavy (non-hydrogen) atoms. The Kier molecular flexibility index (Phi) is 4.31. The second-order valence-electron chi connectivity index (χ2n) is 2.98. The lowest BCUT2D eigenvalue weighted by Crippen LogP contribution is -2.26. The minimum atomic E-state index is -0.314. The van der Waals surface area contributed by atoms with Crippen molar-refractivity contribution in [3.05, 3.63) is 15.0 Å². The van der Waals surface area contributed by atoms with Gasteiger partial charge in [0.05, 0.1) is 22.1 Å². The molecular weight excluding hydrogens is 252 g/mol. The van der Waals surface area contributed by atoms with Gasteiger partial charge < -0.3 is 10.4 Å². The third-order valence-electron chi connectivity index (χ3n) is 1.59. The van der Waals surface area contributed by atoms with Crippen LogP contribution in [0.15, 0.2) is 9.98 Å². The van der Waals surface area contributed by atoms with E-state index in [1.807, 2.05) is 6.92 Å². The highest BCUT2D eigenvalue weighted by atomic mass is 79.9. The molecule has 0 aromatic carbocycles. The molecule has 1 rings (SSSR count). The molecule has 1 aromatic heterocycles. The number of nitrogens with one attached hydrogen (secondary N) is 1. The number of halogens is 1. The zero-order chi connectivity index (χ0) is 9.84. The summed E-state index contributed by atoms with van der Waals surface area (Å²) in [4.78, 5) is 4.22. The summed E-state index contributed by atoms with van der Waals surface area (Å²) in [6.45, 7) is 4.39.